The fraction of sp³-hybridized carbons (Fsp3) is 0.667. The van der Waals surface area contributed by atoms with Crippen LogP contribution in [0, 0.1) is 5.92 Å². The summed E-state index contributed by atoms with van der Waals surface area (Å²) in [4.78, 5) is 10.5. The summed E-state index contributed by atoms with van der Waals surface area (Å²) in [5.41, 5.74) is 1.46. The maximum absolute atomic E-state index is 10.5. The number of hydrogen-bond donors (Lipinski definition) is 1. The third-order valence-electron chi connectivity index (χ3n) is 1.68. The van der Waals surface area contributed by atoms with E-state index in [-0.39, 0.29) is 0 Å². The molecule has 0 aliphatic carbocycles. The van der Waals surface area contributed by atoms with Gasteiger partial charge in [0.1, 0.15) is 0 Å². The molecule has 0 amide bonds. The first-order chi connectivity index (χ1) is 4.95. The number of hydrogen-bond acceptors (Lipinski definition) is 1. The van der Waals surface area contributed by atoms with E-state index in [9.17, 15) is 4.79 Å². The van der Waals surface area contributed by atoms with Crippen LogP contribution in [0.3, 0.4) is 0 Å². The van der Waals surface area contributed by atoms with E-state index in [1.54, 1.807) is 6.92 Å². The van der Waals surface area contributed by atoms with Crippen LogP contribution < -0.4 is 0 Å². The first-order valence-electron chi connectivity index (χ1n) is 3.84. The Morgan fingerprint density at radius 2 is 1.82 bits per heavy atom. The molecule has 2 heteroatoms. The molecular weight excluding hydrogens is 140 g/mol. The maximum atomic E-state index is 10.5. The summed E-state index contributed by atoms with van der Waals surface area (Å²) in [7, 11) is 0. The highest BCUT2D eigenvalue weighted by atomic mass is 16.4. The SMILES string of the molecule is CC(CC(C)C)=C(C)C(=O)O. The zero-order valence-corrected chi connectivity index (χ0v) is 7.64. The van der Waals surface area contributed by atoms with Crippen LogP contribution in [-0.2, 0) is 4.79 Å². The second-order valence-corrected chi connectivity index (χ2v) is 3.31. The van der Waals surface area contributed by atoms with Gasteiger partial charge in [0.15, 0.2) is 0 Å². The van der Waals surface area contributed by atoms with Crippen molar-refractivity contribution in [2.75, 3.05) is 0 Å². The predicted molar refractivity (Wildman–Crippen MR) is 45.5 cm³/mol. The summed E-state index contributed by atoms with van der Waals surface area (Å²) in [6.45, 7) is 7.70. The molecule has 1 N–H and O–H groups in total. The van der Waals surface area contributed by atoms with Gasteiger partial charge in [-0.1, -0.05) is 19.4 Å². The van der Waals surface area contributed by atoms with E-state index in [1.807, 2.05) is 6.92 Å². The van der Waals surface area contributed by atoms with Crippen LogP contribution in [0.4, 0.5) is 0 Å². The fourth-order valence-electron chi connectivity index (χ4n) is 0.948. The maximum Gasteiger partial charge on any atom is 0.331 e. The lowest BCUT2D eigenvalue weighted by molar-refractivity contribution is -0.132. The molecular formula is C9H16O2. The highest BCUT2D eigenvalue weighted by Gasteiger charge is 2.05. The summed E-state index contributed by atoms with van der Waals surface area (Å²) in [6.07, 6.45) is 0.873. The Kier molecular flexibility index (Phi) is 3.86. The van der Waals surface area contributed by atoms with E-state index in [2.05, 4.69) is 13.8 Å². The molecule has 0 aliphatic heterocycles. The van der Waals surface area contributed by atoms with Crippen molar-refractivity contribution < 1.29 is 9.90 Å². The van der Waals surface area contributed by atoms with E-state index >= 15 is 0 Å². The summed E-state index contributed by atoms with van der Waals surface area (Å²) < 4.78 is 0. The normalized spacial score (nSPS) is 13.2. The van der Waals surface area contributed by atoms with E-state index in [0.717, 1.165) is 12.0 Å². The minimum absolute atomic E-state index is 0.485. The third kappa shape index (κ3) is 3.81. The van der Waals surface area contributed by atoms with Gasteiger partial charge < -0.3 is 5.11 Å². The van der Waals surface area contributed by atoms with Gasteiger partial charge in [0.25, 0.3) is 0 Å². The quantitative estimate of drug-likeness (QED) is 0.637. The number of aliphatic carboxylic acids is 1. The second kappa shape index (κ2) is 4.16. The van der Waals surface area contributed by atoms with Crippen molar-refractivity contribution in [3.05, 3.63) is 11.1 Å². The minimum Gasteiger partial charge on any atom is -0.478 e. The van der Waals surface area contributed by atoms with Gasteiger partial charge in [0, 0.05) is 5.57 Å². The average molecular weight is 156 g/mol. The van der Waals surface area contributed by atoms with E-state index in [4.69, 9.17) is 5.11 Å². The highest BCUT2D eigenvalue weighted by molar-refractivity contribution is 5.86. The minimum atomic E-state index is -0.803. The Morgan fingerprint density at radius 3 is 2.09 bits per heavy atom. The first kappa shape index (κ1) is 10.2. The number of carboxylic acid groups (broad SMARTS) is 1. The van der Waals surface area contributed by atoms with Gasteiger partial charge in [-0.25, -0.2) is 4.79 Å². The molecule has 2 nitrogen and oxygen atoms in total. The molecule has 0 aromatic heterocycles. The summed E-state index contributed by atoms with van der Waals surface area (Å²) in [5.74, 6) is -0.271. The molecule has 0 radical (unpaired) electrons. The van der Waals surface area contributed by atoms with E-state index in [0.29, 0.717) is 11.5 Å². The van der Waals surface area contributed by atoms with Gasteiger partial charge in [-0.05, 0) is 26.2 Å². The lowest BCUT2D eigenvalue weighted by Crippen LogP contribution is -2.01. The van der Waals surface area contributed by atoms with Crippen molar-refractivity contribution in [3.8, 4) is 0 Å². The predicted octanol–water partition coefficient (Wildman–Crippen LogP) is 2.45. The lowest BCUT2D eigenvalue weighted by Gasteiger charge is -2.06. The van der Waals surface area contributed by atoms with Crippen molar-refractivity contribution in [2.24, 2.45) is 5.92 Å². The van der Waals surface area contributed by atoms with Crippen LogP contribution in [0.5, 0.6) is 0 Å². The molecule has 0 aromatic rings. The number of rotatable bonds is 3. The van der Waals surface area contributed by atoms with Crippen molar-refractivity contribution in [2.45, 2.75) is 34.1 Å². The zero-order chi connectivity index (χ0) is 9.02. The van der Waals surface area contributed by atoms with Crippen molar-refractivity contribution in [1.82, 2.24) is 0 Å². The third-order valence-corrected chi connectivity index (χ3v) is 1.68. The summed E-state index contributed by atoms with van der Waals surface area (Å²) in [6, 6.07) is 0. The molecule has 64 valence electrons. The second-order valence-electron chi connectivity index (χ2n) is 3.31. The molecule has 0 aliphatic rings. The molecule has 0 rings (SSSR count). The fourth-order valence-corrected chi connectivity index (χ4v) is 0.948. The number of carboxylic acids is 1. The van der Waals surface area contributed by atoms with Crippen LogP contribution >= 0.6 is 0 Å². The van der Waals surface area contributed by atoms with Crippen molar-refractivity contribution >= 4 is 5.97 Å². The number of allylic oxidation sites excluding steroid dienone is 1. The first-order valence-corrected chi connectivity index (χ1v) is 3.84. The Bertz CT molecular complexity index is 178. The highest BCUT2D eigenvalue weighted by Crippen LogP contribution is 2.13. The van der Waals surface area contributed by atoms with Gasteiger partial charge >= 0.3 is 5.97 Å². The van der Waals surface area contributed by atoms with Crippen LogP contribution in [0.15, 0.2) is 11.1 Å². The van der Waals surface area contributed by atoms with Crippen LogP contribution in [0.1, 0.15) is 34.1 Å². The molecule has 0 atom stereocenters. The Morgan fingerprint density at radius 1 is 1.36 bits per heavy atom. The molecule has 0 aromatic carbocycles. The topological polar surface area (TPSA) is 37.3 Å². The van der Waals surface area contributed by atoms with Crippen LogP contribution in [-0.4, -0.2) is 11.1 Å². The van der Waals surface area contributed by atoms with E-state index < -0.39 is 5.97 Å². The van der Waals surface area contributed by atoms with Gasteiger partial charge in [0.2, 0.25) is 0 Å². The van der Waals surface area contributed by atoms with Gasteiger partial charge in [0.05, 0.1) is 0 Å². The van der Waals surface area contributed by atoms with Crippen LogP contribution in [0.25, 0.3) is 0 Å². The molecule has 0 unspecified atom stereocenters. The van der Waals surface area contributed by atoms with Gasteiger partial charge in [-0.15, -0.1) is 0 Å². The smallest absolute Gasteiger partial charge is 0.331 e. The van der Waals surface area contributed by atoms with Crippen LogP contribution in [0.2, 0.25) is 0 Å². The van der Waals surface area contributed by atoms with Crippen molar-refractivity contribution in [1.29, 1.82) is 0 Å². The van der Waals surface area contributed by atoms with E-state index in [1.165, 1.54) is 0 Å². The lowest BCUT2D eigenvalue weighted by atomic mass is 10.0. The molecule has 0 fully saturated rings. The molecule has 0 spiro atoms. The van der Waals surface area contributed by atoms with Gasteiger partial charge in [-0.3, -0.25) is 0 Å². The standard InChI is InChI=1S/C9H16O2/c1-6(2)5-7(3)8(4)9(10)11/h6H,5H2,1-4H3,(H,10,11). The summed E-state index contributed by atoms with van der Waals surface area (Å²) in [5, 5.41) is 8.61. The molecule has 0 bridgehead atoms. The van der Waals surface area contributed by atoms with Crippen molar-refractivity contribution in [3.63, 3.8) is 0 Å². The number of carbonyl (C=O) groups is 1. The molecule has 0 heterocycles. The monoisotopic (exact) mass is 156 g/mol. The molecule has 0 saturated carbocycles. The Labute approximate surface area is 67.9 Å². The Balaban J connectivity index is 4.28. The Hall–Kier alpha value is -0.790. The zero-order valence-electron chi connectivity index (χ0n) is 7.64. The average Bonchev–Trinajstić information content (AvgIpc) is 1.84. The van der Waals surface area contributed by atoms with Gasteiger partial charge in [-0.2, -0.15) is 0 Å². The summed E-state index contributed by atoms with van der Waals surface area (Å²) >= 11 is 0. The molecule has 0 saturated heterocycles. The molecule has 11 heavy (non-hydrogen) atoms. The largest absolute Gasteiger partial charge is 0.478 e.